The van der Waals surface area contributed by atoms with Gasteiger partial charge in [-0.25, -0.2) is 0 Å². The maximum Gasteiger partial charge on any atom is 0.0641 e. The molecule has 0 aliphatic heterocycles. The molecular formula is C32H24N2. The molecule has 0 spiro atoms. The van der Waals surface area contributed by atoms with Crippen LogP contribution in [0.2, 0.25) is 0 Å². The standard InChI is InChI=1S/C32H24N2/c1-2-22-17-19-29-27(21-22)25-18-20-30-31(32(25)34(29)24-13-7-4-8-14-24)26-15-9-10-16-28(26)33(30)23-11-5-3-6-12-23/h3-21H,2H2,1H3. The molecule has 0 saturated heterocycles. The van der Waals surface area contributed by atoms with E-state index in [1.165, 1.54) is 60.5 Å². The number of hydrogen-bond acceptors (Lipinski definition) is 0. The lowest BCUT2D eigenvalue weighted by Gasteiger charge is -2.10. The number of fused-ring (bicyclic) bond motifs is 7. The summed E-state index contributed by atoms with van der Waals surface area (Å²) >= 11 is 0. The number of aromatic nitrogens is 2. The van der Waals surface area contributed by atoms with Crippen molar-refractivity contribution in [2.45, 2.75) is 13.3 Å². The van der Waals surface area contributed by atoms with Gasteiger partial charge >= 0.3 is 0 Å². The minimum absolute atomic E-state index is 1.03. The Kier molecular flexibility index (Phi) is 4.16. The van der Waals surface area contributed by atoms with E-state index in [2.05, 4.69) is 131 Å². The maximum atomic E-state index is 2.45. The molecule has 0 N–H and O–H groups in total. The second kappa shape index (κ2) is 7.36. The van der Waals surface area contributed by atoms with Gasteiger partial charge in [0, 0.05) is 32.9 Å². The van der Waals surface area contributed by atoms with Gasteiger partial charge < -0.3 is 9.13 Å². The van der Waals surface area contributed by atoms with Crippen LogP contribution in [0.25, 0.3) is 55.0 Å². The van der Waals surface area contributed by atoms with Crippen LogP contribution in [0.15, 0.2) is 115 Å². The molecule has 34 heavy (non-hydrogen) atoms. The number of aryl methyl sites for hydroxylation is 1. The fourth-order valence-electron chi connectivity index (χ4n) is 5.53. The Morgan fingerprint density at radius 3 is 1.85 bits per heavy atom. The lowest BCUT2D eigenvalue weighted by atomic mass is 10.1. The molecule has 0 atom stereocenters. The summed E-state index contributed by atoms with van der Waals surface area (Å²) < 4.78 is 4.85. The van der Waals surface area contributed by atoms with E-state index in [1.807, 2.05) is 0 Å². The van der Waals surface area contributed by atoms with Crippen molar-refractivity contribution in [3.8, 4) is 11.4 Å². The van der Waals surface area contributed by atoms with Crippen LogP contribution >= 0.6 is 0 Å². The molecule has 162 valence electrons. The first kappa shape index (κ1) is 19.2. The van der Waals surface area contributed by atoms with Gasteiger partial charge in [0.05, 0.1) is 22.1 Å². The van der Waals surface area contributed by atoms with E-state index in [4.69, 9.17) is 0 Å². The van der Waals surface area contributed by atoms with Crippen molar-refractivity contribution in [1.82, 2.24) is 9.13 Å². The highest BCUT2D eigenvalue weighted by Crippen LogP contribution is 2.42. The van der Waals surface area contributed by atoms with Gasteiger partial charge in [0.2, 0.25) is 0 Å². The first-order chi connectivity index (χ1) is 16.8. The largest absolute Gasteiger partial charge is 0.309 e. The van der Waals surface area contributed by atoms with Crippen LogP contribution in [0.5, 0.6) is 0 Å². The first-order valence-electron chi connectivity index (χ1n) is 11.9. The SMILES string of the molecule is CCc1ccc2c(c1)c1ccc3c(c4ccccc4n3-c3ccccc3)c1n2-c1ccccc1. The van der Waals surface area contributed by atoms with Crippen molar-refractivity contribution in [2.24, 2.45) is 0 Å². The van der Waals surface area contributed by atoms with E-state index < -0.39 is 0 Å². The third-order valence-corrected chi connectivity index (χ3v) is 7.06. The molecule has 0 radical (unpaired) electrons. The Hall–Kier alpha value is -4.30. The zero-order chi connectivity index (χ0) is 22.6. The van der Waals surface area contributed by atoms with Gasteiger partial charge in [0.1, 0.15) is 0 Å². The molecule has 0 saturated carbocycles. The highest BCUT2D eigenvalue weighted by Gasteiger charge is 2.20. The predicted molar refractivity (Wildman–Crippen MR) is 144 cm³/mol. The summed E-state index contributed by atoms with van der Waals surface area (Å²) in [5, 5.41) is 5.20. The van der Waals surface area contributed by atoms with Crippen LogP contribution in [0, 0.1) is 0 Å². The first-order valence-corrected chi connectivity index (χ1v) is 11.9. The summed E-state index contributed by atoms with van der Waals surface area (Å²) in [5.74, 6) is 0. The third-order valence-electron chi connectivity index (χ3n) is 7.06. The van der Waals surface area contributed by atoms with Crippen molar-refractivity contribution in [3.63, 3.8) is 0 Å². The van der Waals surface area contributed by atoms with Crippen molar-refractivity contribution < 1.29 is 0 Å². The van der Waals surface area contributed by atoms with Gasteiger partial charge in [-0.15, -0.1) is 0 Å². The van der Waals surface area contributed by atoms with Gasteiger partial charge in [-0.1, -0.05) is 73.7 Å². The predicted octanol–water partition coefficient (Wildman–Crippen LogP) is 8.44. The number of nitrogens with zero attached hydrogens (tertiary/aromatic N) is 2. The van der Waals surface area contributed by atoms with E-state index in [0.29, 0.717) is 0 Å². The minimum atomic E-state index is 1.03. The number of rotatable bonds is 3. The molecule has 7 rings (SSSR count). The lowest BCUT2D eigenvalue weighted by molar-refractivity contribution is 1.14. The molecule has 7 aromatic rings. The highest BCUT2D eigenvalue weighted by molar-refractivity contribution is 6.26. The molecule has 0 unspecified atom stereocenters. The molecule has 5 aromatic carbocycles. The number of para-hydroxylation sites is 3. The van der Waals surface area contributed by atoms with Crippen LogP contribution in [0.1, 0.15) is 12.5 Å². The van der Waals surface area contributed by atoms with E-state index >= 15 is 0 Å². The molecule has 2 aromatic heterocycles. The molecule has 2 nitrogen and oxygen atoms in total. The summed E-state index contributed by atoms with van der Waals surface area (Å²) in [6.45, 7) is 2.23. The second-order valence-corrected chi connectivity index (χ2v) is 8.92. The van der Waals surface area contributed by atoms with Gasteiger partial charge in [0.15, 0.2) is 0 Å². The summed E-state index contributed by atoms with van der Waals surface area (Å²) in [5.41, 5.74) is 8.73. The molecule has 0 fully saturated rings. The quantitative estimate of drug-likeness (QED) is 0.263. The Bertz CT molecular complexity index is 1820. The lowest BCUT2D eigenvalue weighted by Crippen LogP contribution is -1.95. The zero-order valence-electron chi connectivity index (χ0n) is 19.1. The monoisotopic (exact) mass is 436 g/mol. The summed E-state index contributed by atoms with van der Waals surface area (Å²) in [6.07, 6.45) is 1.03. The van der Waals surface area contributed by atoms with E-state index in [-0.39, 0.29) is 0 Å². The van der Waals surface area contributed by atoms with E-state index in [9.17, 15) is 0 Å². The highest BCUT2D eigenvalue weighted by atomic mass is 15.0. The molecule has 0 aliphatic carbocycles. The molecule has 0 amide bonds. The third kappa shape index (κ3) is 2.63. The summed E-state index contributed by atoms with van der Waals surface area (Å²) in [4.78, 5) is 0. The number of hydrogen-bond donors (Lipinski definition) is 0. The zero-order valence-corrected chi connectivity index (χ0v) is 19.1. The normalized spacial score (nSPS) is 11.8. The second-order valence-electron chi connectivity index (χ2n) is 8.92. The van der Waals surface area contributed by atoms with Crippen LogP contribution in [-0.4, -0.2) is 9.13 Å². The Balaban J connectivity index is 1.75. The van der Waals surface area contributed by atoms with Gasteiger partial charge in [-0.05, 0) is 60.5 Å². The molecule has 2 heterocycles. The molecule has 0 aliphatic rings. The summed E-state index contributed by atoms with van der Waals surface area (Å²) in [7, 11) is 0. The maximum absolute atomic E-state index is 2.45. The summed E-state index contributed by atoms with van der Waals surface area (Å²) in [6, 6.07) is 41.8. The van der Waals surface area contributed by atoms with Crippen LogP contribution in [0.4, 0.5) is 0 Å². The topological polar surface area (TPSA) is 9.86 Å². The van der Waals surface area contributed by atoms with E-state index in [1.54, 1.807) is 0 Å². The average molecular weight is 437 g/mol. The van der Waals surface area contributed by atoms with Crippen molar-refractivity contribution >= 4 is 43.6 Å². The fraction of sp³-hybridized carbons (Fsp3) is 0.0625. The van der Waals surface area contributed by atoms with Crippen LogP contribution < -0.4 is 0 Å². The van der Waals surface area contributed by atoms with Crippen LogP contribution in [-0.2, 0) is 6.42 Å². The minimum Gasteiger partial charge on any atom is -0.309 e. The van der Waals surface area contributed by atoms with Gasteiger partial charge in [-0.3, -0.25) is 0 Å². The van der Waals surface area contributed by atoms with Gasteiger partial charge in [0.25, 0.3) is 0 Å². The van der Waals surface area contributed by atoms with Crippen molar-refractivity contribution in [1.29, 1.82) is 0 Å². The Morgan fingerprint density at radius 2 is 1.12 bits per heavy atom. The fourth-order valence-corrected chi connectivity index (χ4v) is 5.53. The molecular weight excluding hydrogens is 412 g/mol. The molecule has 2 heteroatoms. The van der Waals surface area contributed by atoms with Crippen molar-refractivity contribution in [2.75, 3.05) is 0 Å². The number of benzene rings is 5. The van der Waals surface area contributed by atoms with E-state index in [0.717, 1.165) is 6.42 Å². The molecule has 0 bridgehead atoms. The van der Waals surface area contributed by atoms with Gasteiger partial charge in [-0.2, -0.15) is 0 Å². The van der Waals surface area contributed by atoms with Crippen molar-refractivity contribution in [3.05, 3.63) is 121 Å². The average Bonchev–Trinajstić information content (AvgIpc) is 3.42. The van der Waals surface area contributed by atoms with Crippen LogP contribution in [0.3, 0.4) is 0 Å². The Labute approximate surface area is 198 Å². The Morgan fingerprint density at radius 1 is 0.500 bits per heavy atom. The smallest absolute Gasteiger partial charge is 0.0641 e.